The fraction of sp³-hybridized carbons (Fsp3) is 0.267. The Bertz CT molecular complexity index is 895. The fourth-order valence-corrected chi connectivity index (χ4v) is 2.96. The second kappa shape index (κ2) is 5.79. The minimum Gasteiger partial charge on any atom is -0.344 e. The number of carbonyl (C=O) groups excluding carboxylic acids is 1. The van der Waals surface area contributed by atoms with Crippen molar-refractivity contribution in [2.75, 3.05) is 0 Å². The Morgan fingerprint density at radius 3 is 2.23 bits per heavy atom. The predicted octanol–water partition coefficient (Wildman–Crippen LogP) is 4.62. The SMILES string of the molecule is CCC(NC(=O)c1cc(=O)[nH]c(C)n1)c1ccc(S(F)(F)(F)(F)F)cc1. The van der Waals surface area contributed by atoms with Crippen LogP contribution in [-0.4, -0.2) is 15.9 Å². The summed E-state index contributed by atoms with van der Waals surface area (Å²) in [4.78, 5) is 27.8. The molecule has 1 heterocycles. The maximum atomic E-state index is 12.8. The standard InChI is InChI=1S/C15H16F5N3O2S/c1-3-12(23-15(25)13-8-14(24)22-9(2)21-13)10-4-6-11(7-5-10)26(16,17,18,19)20/h4-8,12H,3H2,1-2H3,(H,23,25)(H,21,22,24). The molecule has 0 saturated heterocycles. The van der Waals surface area contributed by atoms with Gasteiger partial charge in [-0.25, -0.2) is 4.98 Å². The van der Waals surface area contributed by atoms with Crippen LogP contribution in [0.15, 0.2) is 40.0 Å². The van der Waals surface area contributed by atoms with E-state index in [0.717, 1.165) is 18.2 Å². The lowest BCUT2D eigenvalue weighted by atomic mass is 10.0. The first kappa shape index (κ1) is 19.9. The van der Waals surface area contributed by atoms with Gasteiger partial charge in [0.05, 0.1) is 6.04 Å². The van der Waals surface area contributed by atoms with E-state index in [0.29, 0.717) is 12.1 Å². The van der Waals surface area contributed by atoms with E-state index in [1.807, 2.05) is 0 Å². The largest absolute Gasteiger partial charge is 0.344 e. The Morgan fingerprint density at radius 1 is 1.19 bits per heavy atom. The first-order chi connectivity index (χ1) is 11.7. The Labute approximate surface area is 145 Å². The number of hydrogen-bond acceptors (Lipinski definition) is 3. The molecule has 0 fully saturated rings. The number of carbonyl (C=O) groups is 1. The van der Waals surface area contributed by atoms with Gasteiger partial charge in [0.2, 0.25) is 0 Å². The number of aromatic amines is 1. The van der Waals surface area contributed by atoms with Crippen molar-refractivity contribution in [2.45, 2.75) is 31.2 Å². The van der Waals surface area contributed by atoms with Gasteiger partial charge in [-0.1, -0.05) is 38.5 Å². The molecule has 0 spiro atoms. The van der Waals surface area contributed by atoms with Crippen LogP contribution in [0.25, 0.3) is 0 Å². The molecule has 2 N–H and O–H groups in total. The van der Waals surface area contributed by atoms with Crippen LogP contribution < -0.4 is 10.9 Å². The van der Waals surface area contributed by atoms with Crippen molar-refractivity contribution >= 4 is 16.1 Å². The molecule has 0 aliphatic rings. The second-order valence-electron chi connectivity index (χ2n) is 5.69. The highest BCUT2D eigenvalue weighted by molar-refractivity contribution is 8.45. The molecule has 1 aromatic heterocycles. The molecule has 26 heavy (non-hydrogen) atoms. The van der Waals surface area contributed by atoms with Gasteiger partial charge < -0.3 is 10.3 Å². The summed E-state index contributed by atoms with van der Waals surface area (Å²) in [6.07, 6.45) is 0.281. The van der Waals surface area contributed by atoms with Gasteiger partial charge in [-0.15, -0.1) is 0 Å². The second-order valence-corrected chi connectivity index (χ2v) is 8.10. The number of benzene rings is 1. The van der Waals surface area contributed by atoms with Crippen LogP contribution in [0.1, 0.15) is 41.3 Å². The van der Waals surface area contributed by atoms with E-state index in [2.05, 4.69) is 15.3 Å². The van der Waals surface area contributed by atoms with E-state index in [1.54, 1.807) is 6.92 Å². The van der Waals surface area contributed by atoms with Crippen molar-refractivity contribution in [1.29, 1.82) is 0 Å². The van der Waals surface area contributed by atoms with Gasteiger partial charge in [0.25, 0.3) is 11.5 Å². The first-order valence-corrected chi connectivity index (χ1v) is 9.37. The minimum atomic E-state index is -9.74. The van der Waals surface area contributed by atoms with Gasteiger partial charge in [0, 0.05) is 6.07 Å². The lowest BCUT2D eigenvalue weighted by Crippen LogP contribution is -2.30. The summed E-state index contributed by atoms with van der Waals surface area (Å²) in [5.41, 5.74) is -0.475. The molecule has 0 aliphatic heterocycles. The summed E-state index contributed by atoms with van der Waals surface area (Å²) in [5, 5.41) is 2.52. The maximum Gasteiger partial charge on any atom is 0.310 e. The smallest absolute Gasteiger partial charge is 0.310 e. The Hall–Kier alpha value is -2.43. The number of rotatable bonds is 5. The zero-order chi connectivity index (χ0) is 19.8. The van der Waals surface area contributed by atoms with E-state index in [9.17, 15) is 29.0 Å². The summed E-state index contributed by atoms with van der Waals surface area (Å²) in [7, 11) is -9.74. The molecule has 1 unspecified atom stereocenters. The van der Waals surface area contributed by atoms with Crippen molar-refractivity contribution in [1.82, 2.24) is 15.3 Å². The molecular formula is C15H16F5N3O2S. The van der Waals surface area contributed by atoms with Crippen LogP contribution in [-0.2, 0) is 0 Å². The van der Waals surface area contributed by atoms with Crippen LogP contribution in [0.5, 0.6) is 0 Å². The Balaban J connectivity index is 2.26. The monoisotopic (exact) mass is 397 g/mol. The normalized spacial score (nSPS) is 15.7. The molecular weight excluding hydrogens is 381 g/mol. The quantitative estimate of drug-likeness (QED) is 0.723. The van der Waals surface area contributed by atoms with Gasteiger partial charge in [-0.2, -0.15) is 0 Å². The highest BCUT2D eigenvalue weighted by atomic mass is 32.5. The summed E-state index contributed by atoms with van der Waals surface area (Å²) < 4.78 is 63.8. The fourth-order valence-electron chi connectivity index (χ4n) is 2.31. The number of amides is 1. The molecule has 144 valence electrons. The van der Waals surface area contributed by atoms with E-state index >= 15 is 0 Å². The van der Waals surface area contributed by atoms with Crippen LogP contribution in [0.3, 0.4) is 0 Å². The number of aryl methyl sites for hydroxylation is 1. The number of halogens is 5. The highest BCUT2D eigenvalue weighted by Gasteiger charge is 2.65. The molecule has 1 aromatic carbocycles. The van der Waals surface area contributed by atoms with Gasteiger partial charge in [0.15, 0.2) is 0 Å². The predicted molar refractivity (Wildman–Crippen MR) is 87.9 cm³/mol. The van der Waals surface area contributed by atoms with Crippen molar-refractivity contribution in [2.24, 2.45) is 0 Å². The van der Waals surface area contributed by atoms with E-state index in [1.165, 1.54) is 6.92 Å². The lowest BCUT2D eigenvalue weighted by molar-refractivity contribution is 0.0929. The number of nitrogens with one attached hydrogen (secondary N) is 2. The van der Waals surface area contributed by atoms with Crippen LogP contribution in [0.4, 0.5) is 19.4 Å². The van der Waals surface area contributed by atoms with Crippen LogP contribution in [0, 0.1) is 6.92 Å². The molecule has 2 rings (SSSR count). The molecule has 0 bridgehead atoms. The van der Waals surface area contributed by atoms with E-state index in [-0.39, 0.29) is 23.5 Å². The number of aromatic nitrogens is 2. The third-order valence-corrected chi connectivity index (χ3v) is 4.70. The van der Waals surface area contributed by atoms with Gasteiger partial charge in [0.1, 0.15) is 16.4 Å². The lowest BCUT2D eigenvalue weighted by Gasteiger charge is -2.40. The van der Waals surface area contributed by atoms with Gasteiger partial charge in [-0.05, 0) is 31.0 Å². The van der Waals surface area contributed by atoms with Gasteiger partial charge >= 0.3 is 10.2 Å². The zero-order valence-corrected chi connectivity index (χ0v) is 14.5. The average Bonchev–Trinajstić information content (AvgIpc) is 2.49. The summed E-state index contributed by atoms with van der Waals surface area (Å²) in [6.45, 7) is 3.13. The molecule has 5 nitrogen and oxygen atoms in total. The molecule has 0 radical (unpaired) electrons. The molecule has 11 heteroatoms. The minimum absolute atomic E-state index is 0.159. The summed E-state index contributed by atoms with van der Waals surface area (Å²) in [5.74, 6) is -0.487. The van der Waals surface area contributed by atoms with Crippen molar-refractivity contribution in [3.8, 4) is 0 Å². The highest BCUT2D eigenvalue weighted by Crippen LogP contribution is 3.02. The first-order valence-electron chi connectivity index (χ1n) is 7.42. The van der Waals surface area contributed by atoms with E-state index in [4.69, 9.17) is 0 Å². The maximum absolute atomic E-state index is 12.8. The number of hydrogen-bond donors (Lipinski definition) is 2. The summed E-state index contributed by atoms with van der Waals surface area (Å²) in [6, 6.07) is 2.60. The third kappa shape index (κ3) is 4.81. The third-order valence-electron chi connectivity index (χ3n) is 3.53. The Morgan fingerprint density at radius 2 is 1.77 bits per heavy atom. The average molecular weight is 397 g/mol. The van der Waals surface area contributed by atoms with Gasteiger partial charge in [-0.3, -0.25) is 9.59 Å². The number of H-pyrrole nitrogens is 1. The molecule has 0 saturated carbocycles. The Kier molecular flexibility index (Phi) is 4.43. The van der Waals surface area contributed by atoms with Crippen LogP contribution >= 0.6 is 10.2 Å². The molecule has 1 amide bonds. The summed E-state index contributed by atoms with van der Waals surface area (Å²) >= 11 is 0. The molecule has 0 aliphatic carbocycles. The van der Waals surface area contributed by atoms with Crippen molar-refractivity contribution in [3.63, 3.8) is 0 Å². The topological polar surface area (TPSA) is 74.8 Å². The van der Waals surface area contributed by atoms with Crippen LogP contribution in [0.2, 0.25) is 0 Å². The number of nitrogens with zero attached hydrogens (tertiary/aromatic N) is 1. The molecule has 1 atom stereocenters. The van der Waals surface area contributed by atoms with E-state index < -0.39 is 32.6 Å². The van der Waals surface area contributed by atoms with Crippen molar-refractivity contribution < 1.29 is 24.2 Å². The van der Waals surface area contributed by atoms with Crippen molar-refractivity contribution in [3.05, 3.63) is 57.8 Å². The molecule has 2 aromatic rings. The zero-order valence-electron chi connectivity index (χ0n) is 13.7.